The Kier molecular flexibility index (Phi) is 4.56. The predicted octanol–water partition coefficient (Wildman–Crippen LogP) is 2.66. The molecule has 0 aliphatic heterocycles. The van der Waals surface area contributed by atoms with E-state index < -0.39 is 18.4 Å². The quantitative estimate of drug-likeness (QED) is 0.828. The van der Waals surface area contributed by atoms with E-state index in [4.69, 9.17) is 9.52 Å². The topological polar surface area (TPSA) is 70.8 Å². The molecule has 2 rings (SSSR count). The monoisotopic (exact) mass is 285 g/mol. The molecule has 2 aromatic rings. The second kappa shape index (κ2) is 6.56. The number of amides is 1. The summed E-state index contributed by atoms with van der Waals surface area (Å²) in [4.78, 5) is 24.5. The Labute approximate surface area is 122 Å². The molecule has 108 valence electrons. The molecule has 0 radical (unpaired) electrons. The van der Waals surface area contributed by atoms with Crippen LogP contribution in [0.1, 0.15) is 10.6 Å². The van der Waals surface area contributed by atoms with Gasteiger partial charge in [-0.1, -0.05) is 36.4 Å². The summed E-state index contributed by atoms with van der Waals surface area (Å²) in [7, 11) is 0. The van der Waals surface area contributed by atoms with Crippen LogP contribution in [0.25, 0.3) is 11.1 Å². The van der Waals surface area contributed by atoms with Crippen molar-refractivity contribution in [3.05, 3.63) is 61.1 Å². The molecule has 0 bridgehead atoms. The molecule has 0 saturated heterocycles. The highest BCUT2D eigenvalue weighted by atomic mass is 16.4. The molecule has 0 aliphatic rings. The van der Waals surface area contributed by atoms with Crippen LogP contribution in [0, 0.1) is 0 Å². The number of hydrogen-bond donors (Lipinski definition) is 1. The maximum atomic E-state index is 12.4. The predicted molar refractivity (Wildman–Crippen MR) is 77.9 cm³/mol. The van der Waals surface area contributed by atoms with Gasteiger partial charge in [0.2, 0.25) is 0 Å². The van der Waals surface area contributed by atoms with Gasteiger partial charge in [-0.2, -0.15) is 0 Å². The van der Waals surface area contributed by atoms with Crippen LogP contribution in [0.15, 0.2) is 59.7 Å². The van der Waals surface area contributed by atoms with E-state index in [2.05, 4.69) is 6.58 Å². The number of carboxylic acid groups (broad SMARTS) is 1. The Morgan fingerprint density at radius 3 is 2.57 bits per heavy atom. The molecule has 0 fully saturated rings. The SMILES string of the molecule is C=CCN(CC(=O)O)C(=O)c1occc1-c1ccccc1. The van der Waals surface area contributed by atoms with Crippen molar-refractivity contribution in [2.24, 2.45) is 0 Å². The lowest BCUT2D eigenvalue weighted by atomic mass is 10.1. The van der Waals surface area contributed by atoms with Crippen molar-refractivity contribution in [3.63, 3.8) is 0 Å². The molecule has 1 heterocycles. The lowest BCUT2D eigenvalue weighted by molar-refractivity contribution is -0.137. The fourth-order valence-electron chi connectivity index (χ4n) is 2.00. The molecule has 0 unspecified atom stereocenters. The number of carbonyl (C=O) groups excluding carboxylic acids is 1. The standard InChI is InChI=1S/C16H15NO4/c1-2-9-17(11-14(18)19)16(20)15-13(8-10-21-15)12-6-4-3-5-7-12/h2-8,10H,1,9,11H2,(H,18,19). The molecule has 1 amide bonds. The lowest BCUT2D eigenvalue weighted by Gasteiger charge is -2.18. The average molecular weight is 285 g/mol. The molecule has 1 aromatic carbocycles. The Morgan fingerprint density at radius 2 is 1.95 bits per heavy atom. The summed E-state index contributed by atoms with van der Waals surface area (Å²) in [5.41, 5.74) is 1.48. The van der Waals surface area contributed by atoms with Crippen molar-refractivity contribution in [2.75, 3.05) is 13.1 Å². The maximum absolute atomic E-state index is 12.4. The third-order valence-electron chi connectivity index (χ3n) is 2.91. The smallest absolute Gasteiger partial charge is 0.323 e. The van der Waals surface area contributed by atoms with Crippen molar-refractivity contribution < 1.29 is 19.1 Å². The summed E-state index contributed by atoms with van der Waals surface area (Å²) in [5.74, 6) is -1.43. The fourth-order valence-corrected chi connectivity index (χ4v) is 2.00. The van der Waals surface area contributed by atoms with Crippen molar-refractivity contribution >= 4 is 11.9 Å². The highest BCUT2D eigenvalue weighted by Gasteiger charge is 2.23. The van der Waals surface area contributed by atoms with E-state index in [0.29, 0.717) is 5.56 Å². The van der Waals surface area contributed by atoms with Gasteiger partial charge in [0, 0.05) is 12.1 Å². The number of benzene rings is 1. The van der Waals surface area contributed by atoms with Gasteiger partial charge < -0.3 is 14.4 Å². The van der Waals surface area contributed by atoms with E-state index in [9.17, 15) is 9.59 Å². The zero-order valence-electron chi connectivity index (χ0n) is 11.4. The number of rotatable bonds is 6. The van der Waals surface area contributed by atoms with Crippen LogP contribution in [0.2, 0.25) is 0 Å². The van der Waals surface area contributed by atoms with E-state index in [1.807, 2.05) is 30.3 Å². The fraction of sp³-hybridized carbons (Fsp3) is 0.125. The lowest BCUT2D eigenvalue weighted by Crippen LogP contribution is -2.35. The molecule has 1 aromatic heterocycles. The highest BCUT2D eigenvalue weighted by Crippen LogP contribution is 2.25. The van der Waals surface area contributed by atoms with Gasteiger partial charge >= 0.3 is 5.97 Å². The Balaban J connectivity index is 2.33. The van der Waals surface area contributed by atoms with Gasteiger partial charge in [-0.15, -0.1) is 6.58 Å². The average Bonchev–Trinajstić information content (AvgIpc) is 2.96. The summed E-state index contributed by atoms with van der Waals surface area (Å²) in [5, 5.41) is 8.88. The van der Waals surface area contributed by atoms with Crippen molar-refractivity contribution in [1.82, 2.24) is 4.90 Å². The zero-order valence-corrected chi connectivity index (χ0v) is 11.4. The first kappa shape index (κ1) is 14.6. The molecule has 0 spiro atoms. The third kappa shape index (κ3) is 3.39. The zero-order chi connectivity index (χ0) is 15.2. The van der Waals surface area contributed by atoms with E-state index in [1.54, 1.807) is 6.07 Å². The van der Waals surface area contributed by atoms with E-state index >= 15 is 0 Å². The Morgan fingerprint density at radius 1 is 1.24 bits per heavy atom. The number of hydrogen-bond acceptors (Lipinski definition) is 3. The van der Waals surface area contributed by atoms with E-state index in [0.717, 1.165) is 5.56 Å². The summed E-state index contributed by atoms with van der Waals surface area (Å²) in [6, 6.07) is 11.0. The minimum atomic E-state index is -1.09. The van der Waals surface area contributed by atoms with Crippen LogP contribution in [0.4, 0.5) is 0 Å². The van der Waals surface area contributed by atoms with Gasteiger partial charge in [0.05, 0.1) is 6.26 Å². The summed E-state index contributed by atoms with van der Waals surface area (Å²) in [6.45, 7) is 3.27. The van der Waals surface area contributed by atoms with Gasteiger partial charge in [-0.3, -0.25) is 9.59 Å². The van der Waals surface area contributed by atoms with E-state index in [1.165, 1.54) is 17.2 Å². The van der Waals surface area contributed by atoms with Gasteiger partial charge in [-0.05, 0) is 11.6 Å². The van der Waals surface area contributed by atoms with Crippen LogP contribution >= 0.6 is 0 Å². The first-order chi connectivity index (χ1) is 10.1. The molecule has 0 saturated carbocycles. The van der Waals surface area contributed by atoms with Crippen molar-refractivity contribution in [1.29, 1.82) is 0 Å². The van der Waals surface area contributed by atoms with Crippen LogP contribution in [0.5, 0.6) is 0 Å². The summed E-state index contributed by atoms with van der Waals surface area (Å²) in [6.07, 6.45) is 2.90. The first-order valence-electron chi connectivity index (χ1n) is 6.38. The minimum absolute atomic E-state index is 0.129. The van der Waals surface area contributed by atoms with Crippen LogP contribution in [0.3, 0.4) is 0 Å². The second-order valence-corrected chi connectivity index (χ2v) is 4.40. The van der Waals surface area contributed by atoms with Crippen molar-refractivity contribution in [2.45, 2.75) is 0 Å². The minimum Gasteiger partial charge on any atom is -0.480 e. The number of nitrogens with zero attached hydrogens (tertiary/aromatic N) is 1. The number of aliphatic carboxylic acids is 1. The van der Waals surface area contributed by atoms with E-state index in [-0.39, 0.29) is 12.3 Å². The highest BCUT2D eigenvalue weighted by molar-refractivity contribution is 5.99. The van der Waals surface area contributed by atoms with Gasteiger partial charge in [0.25, 0.3) is 5.91 Å². The molecular formula is C16H15NO4. The summed E-state index contributed by atoms with van der Waals surface area (Å²) >= 11 is 0. The van der Waals surface area contributed by atoms with Gasteiger partial charge in [0.1, 0.15) is 6.54 Å². The molecule has 0 aliphatic carbocycles. The number of furan rings is 1. The first-order valence-corrected chi connectivity index (χ1v) is 6.38. The second-order valence-electron chi connectivity index (χ2n) is 4.40. The van der Waals surface area contributed by atoms with Gasteiger partial charge in [0.15, 0.2) is 5.76 Å². The molecule has 21 heavy (non-hydrogen) atoms. The normalized spacial score (nSPS) is 10.1. The molecular weight excluding hydrogens is 270 g/mol. The Hall–Kier alpha value is -2.82. The maximum Gasteiger partial charge on any atom is 0.323 e. The van der Waals surface area contributed by atoms with Crippen molar-refractivity contribution in [3.8, 4) is 11.1 Å². The van der Waals surface area contributed by atoms with Gasteiger partial charge in [-0.25, -0.2) is 0 Å². The third-order valence-corrected chi connectivity index (χ3v) is 2.91. The number of carboxylic acids is 1. The van der Waals surface area contributed by atoms with Crippen LogP contribution < -0.4 is 0 Å². The summed E-state index contributed by atoms with van der Waals surface area (Å²) < 4.78 is 5.27. The van der Waals surface area contributed by atoms with Crippen LogP contribution in [-0.4, -0.2) is 35.0 Å². The van der Waals surface area contributed by atoms with Crippen LogP contribution in [-0.2, 0) is 4.79 Å². The Bertz CT molecular complexity index is 645. The molecule has 5 heteroatoms. The molecule has 5 nitrogen and oxygen atoms in total. The number of carbonyl (C=O) groups is 2. The molecule has 1 N–H and O–H groups in total. The molecule has 0 atom stereocenters. The largest absolute Gasteiger partial charge is 0.480 e.